The molecule has 34 heavy (non-hydrogen) atoms. The average molecular weight is 466 g/mol. The van der Waals surface area contributed by atoms with E-state index in [9.17, 15) is 18.4 Å². The molecule has 7 nitrogen and oxygen atoms in total. The molecule has 0 saturated heterocycles. The molecule has 4 aromatic rings. The molecule has 1 N–H and O–H groups in total. The van der Waals surface area contributed by atoms with E-state index in [1.807, 2.05) is 38.1 Å². The SMILES string of the molecule is CCN(CC(=O)Nc1c(F)cccc1F)C(=O)CCc1c(C)nc2c3ccccc3nn2c1C. The molecule has 2 heterocycles. The van der Waals surface area contributed by atoms with E-state index >= 15 is 0 Å². The molecule has 176 valence electrons. The number of halogens is 2. The topological polar surface area (TPSA) is 79.6 Å². The number of aromatic nitrogens is 3. The molecule has 0 aliphatic carbocycles. The number of nitrogens with zero attached hydrogens (tertiary/aromatic N) is 4. The third kappa shape index (κ3) is 4.46. The van der Waals surface area contributed by atoms with Crippen LogP contribution in [0.25, 0.3) is 16.6 Å². The highest BCUT2D eigenvalue weighted by atomic mass is 19.1. The Morgan fingerprint density at radius 1 is 1.06 bits per heavy atom. The lowest BCUT2D eigenvalue weighted by atomic mass is 10.1. The zero-order valence-electron chi connectivity index (χ0n) is 19.2. The number of benzene rings is 2. The van der Waals surface area contributed by atoms with Gasteiger partial charge in [-0.15, -0.1) is 0 Å². The zero-order valence-corrected chi connectivity index (χ0v) is 19.2. The summed E-state index contributed by atoms with van der Waals surface area (Å²) < 4.78 is 29.4. The van der Waals surface area contributed by atoms with Gasteiger partial charge in [0.05, 0.1) is 12.1 Å². The molecule has 0 fully saturated rings. The molecule has 0 atom stereocenters. The molecule has 0 saturated carbocycles. The van der Waals surface area contributed by atoms with Gasteiger partial charge in [-0.3, -0.25) is 9.59 Å². The predicted molar refractivity (Wildman–Crippen MR) is 126 cm³/mol. The maximum atomic E-state index is 13.8. The number of anilines is 1. The standard InChI is InChI=1S/C25H25F2N5O2/c1-4-31(14-22(33)29-24-19(26)9-7-10-20(24)27)23(34)13-12-17-15(2)28-25-18-8-5-6-11-21(18)30-32(25)16(17)3/h5-11H,4,12-14H2,1-3H3,(H,29,33). The number of amides is 2. The quantitative estimate of drug-likeness (QED) is 0.444. The van der Waals surface area contributed by atoms with Gasteiger partial charge in [0.2, 0.25) is 11.8 Å². The predicted octanol–water partition coefficient (Wildman–Crippen LogP) is 4.20. The second-order valence-electron chi connectivity index (χ2n) is 8.07. The normalized spacial score (nSPS) is 11.2. The Morgan fingerprint density at radius 2 is 1.76 bits per heavy atom. The minimum Gasteiger partial charge on any atom is -0.334 e. The Hall–Kier alpha value is -3.88. The summed E-state index contributed by atoms with van der Waals surface area (Å²) in [6.07, 6.45) is 0.584. The summed E-state index contributed by atoms with van der Waals surface area (Å²) in [5.74, 6) is -2.65. The Labute approximate surface area is 195 Å². The van der Waals surface area contributed by atoms with E-state index in [2.05, 4.69) is 10.4 Å². The maximum Gasteiger partial charge on any atom is 0.244 e. The van der Waals surface area contributed by atoms with Gasteiger partial charge >= 0.3 is 0 Å². The van der Waals surface area contributed by atoms with Crippen molar-refractivity contribution in [2.24, 2.45) is 0 Å². The highest BCUT2D eigenvalue weighted by Gasteiger charge is 2.20. The van der Waals surface area contributed by atoms with E-state index in [1.54, 1.807) is 11.4 Å². The van der Waals surface area contributed by atoms with Crippen molar-refractivity contribution in [3.8, 4) is 0 Å². The minimum absolute atomic E-state index is 0.158. The summed E-state index contributed by atoms with van der Waals surface area (Å²) in [6, 6.07) is 11.1. The van der Waals surface area contributed by atoms with Crippen molar-refractivity contribution < 1.29 is 18.4 Å². The van der Waals surface area contributed by atoms with E-state index in [0.717, 1.165) is 45.6 Å². The van der Waals surface area contributed by atoms with Gasteiger partial charge in [0.15, 0.2) is 5.65 Å². The molecule has 2 aromatic carbocycles. The van der Waals surface area contributed by atoms with E-state index in [4.69, 9.17) is 4.98 Å². The molecule has 0 spiro atoms. The van der Waals surface area contributed by atoms with Gasteiger partial charge < -0.3 is 10.2 Å². The van der Waals surface area contributed by atoms with Crippen LogP contribution in [0.2, 0.25) is 0 Å². The second-order valence-corrected chi connectivity index (χ2v) is 8.07. The van der Waals surface area contributed by atoms with Crippen LogP contribution >= 0.6 is 0 Å². The van der Waals surface area contributed by atoms with E-state index in [1.165, 1.54) is 11.0 Å². The van der Waals surface area contributed by atoms with Crippen molar-refractivity contribution in [3.05, 3.63) is 71.1 Å². The first-order valence-electron chi connectivity index (χ1n) is 11.0. The van der Waals surface area contributed by atoms with Crippen LogP contribution in [-0.2, 0) is 16.0 Å². The lowest BCUT2D eigenvalue weighted by Gasteiger charge is -2.21. The van der Waals surface area contributed by atoms with Crippen LogP contribution in [0.5, 0.6) is 0 Å². The molecule has 4 rings (SSSR count). The second kappa shape index (κ2) is 9.54. The average Bonchev–Trinajstić information content (AvgIpc) is 3.18. The third-order valence-corrected chi connectivity index (χ3v) is 5.90. The molecule has 0 bridgehead atoms. The lowest BCUT2D eigenvalue weighted by molar-refractivity contribution is -0.134. The molecule has 2 aromatic heterocycles. The van der Waals surface area contributed by atoms with Crippen molar-refractivity contribution in [1.29, 1.82) is 0 Å². The minimum atomic E-state index is -0.872. The number of rotatable bonds is 7. The summed E-state index contributed by atoms with van der Waals surface area (Å²) in [5.41, 5.74) is 3.74. The first-order valence-corrected chi connectivity index (χ1v) is 11.0. The molecule has 9 heteroatoms. The van der Waals surface area contributed by atoms with Crippen molar-refractivity contribution >= 4 is 34.1 Å². The lowest BCUT2D eigenvalue weighted by Crippen LogP contribution is -2.38. The summed E-state index contributed by atoms with van der Waals surface area (Å²) in [5, 5.41) is 7.82. The number of hydrogen-bond donors (Lipinski definition) is 1. The van der Waals surface area contributed by atoms with Crippen LogP contribution in [0.3, 0.4) is 0 Å². The smallest absolute Gasteiger partial charge is 0.244 e. The Bertz CT molecular complexity index is 1380. The number of para-hydroxylation sites is 1. The third-order valence-electron chi connectivity index (χ3n) is 5.90. The number of nitrogens with one attached hydrogen (secondary N) is 1. The highest BCUT2D eigenvalue weighted by molar-refractivity contribution is 5.95. The number of aryl methyl sites for hydroxylation is 2. The maximum absolute atomic E-state index is 13.8. The fourth-order valence-electron chi connectivity index (χ4n) is 4.07. The fourth-order valence-corrected chi connectivity index (χ4v) is 4.07. The Balaban J connectivity index is 1.46. The molecule has 0 radical (unpaired) electrons. The first-order chi connectivity index (χ1) is 16.3. The van der Waals surface area contributed by atoms with Crippen LogP contribution in [0.15, 0.2) is 42.5 Å². The molecular weight excluding hydrogens is 440 g/mol. The number of fused-ring (bicyclic) bond motifs is 3. The molecule has 0 aliphatic rings. The van der Waals surface area contributed by atoms with Gasteiger partial charge in [-0.05, 0) is 57.0 Å². The van der Waals surface area contributed by atoms with Crippen LogP contribution < -0.4 is 5.32 Å². The van der Waals surface area contributed by atoms with Gasteiger partial charge in [0.25, 0.3) is 0 Å². The number of carbonyl (C=O) groups is 2. The monoisotopic (exact) mass is 465 g/mol. The summed E-state index contributed by atoms with van der Waals surface area (Å²) in [6.45, 7) is 5.58. The molecule has 0 unspecified atom stereocenters. The molecular formula is C25H25F2N5O2. The number of carbonyl (C=O) groups excluding carboxylic acids is 2. The Kier molecular flexibility index (Phi) is 6.54. The van der Waals surface area contributed by atoms with Gasteiger partial charge in [-0.2, -0.15) is 5.10 Å². The van der Waals surface area contributed by atoms with Gasteiger partial charge in [-0.25, -0.2) is 18.3 Å². The highest BCUT2D eigenvalue weighted by Crippen LogP contribution is 2.23. The van der Waals surface area contributed by atoms with E-state index in [0.29, 0.717) is 6.42 Å². The van der Waals surface area contributed by atoms with Crippen molar-refractivity contribution in [2.75, 3.05) is 18.4 Å². The molecule has 0 aliphatic heterocycles. The zero-order chi connectivity index (χ0) is 24.4. The van der Waals surface area contributed by atoms with Crippen LogP contribution in [0.4, 0.5) is 14.5 Å². The van der Waals surface area contributed by atoms with Crippen LogP contribution in [0.1, 0.15) is 30.3 Å². The van der Waals surface area contributed by atoms with Crippen molar-refractivity contribution in [3.63, 3.8) is 0 Å². The van der Waals surface area contributed by atoms with Crippen LogP contribution in [-0.4, -0.2) is 44.4 Å². The number of likely N-dealkylation sites (N-methyl/N-ethyl adjacent to an activating group) is 1. The first kappa shape index (κ1) is 23.3. The Morgan fingerprint density at radius 3 is 2.47 bits per heavy atom. The van der Waals surface area contributed by atoms with Crippen molar-refractivity contribution in [1.82, 2.24) is 19.5 Å². The van der Waals surface area contributed by atoms with Gasteiger partial charge in [-0.1, -0.05) is 18.2 Å². The summed E-state index contributed by atoms with van der Waals surface area (Å²) in [4.78, 5) is 31.3. The van der Waals surface area contributed by atoms with Gasteiger partial charge in [0, 0.05) is 29.7 Å². The van der Waals surface area contributed by atoms with Crippen molar-refractivity contribution in [2.45, 2.75) is 33.6 Å². The fraction of sp³-hybridized carbons (Fsp3) is 0.280. The van der Waals surface area contributed by atoms with Gasteiger partial charge in [0.1, 0.15) is 17.3 Å². The molecule has 2 amide bonds. The van der Waals surface area contributed by atoms with Crippen LogP contribution in [0, 0.1) is 25.5 Å². The summed E-state index contributed by atoms with van der Waals surface area (Å²) >= 11 is 0. The number of hydrogen-bond acceptors (Lipinski definition) is 4. The largest absolute Gasteiger partial charge is 0.334 e. The van der Waals surface area contributed by atoms with E-state index in [-0.39, 0.29) is 25.4 Å². The van der Waals surface area contributed by atoms with E-state index < -0.39 is 23.2 Å². The summed E-state index contributed by atoms with van der Waals surface area (Å²) in [7, 11) is 0.